The van der Waals surface area contributed by atoms with Crippen molar-refractivity contribution in [2.45, 2.75) is 11.6 Å². The van der Waals surface area contributed by atoms with E-state index in [-0.39, 0.29) is 5.56 Å². The molecule has 5 nitrogen and oxygen atoms in total. The fourth-order valence-corrected chi connectivity index (χ4v) is 2.87. The largest absolute Gasteiger partial charge is 0.451 e. The van der Waals surface area contributed by atoms with Crippen molar-refractivity contribution in [2.75, 3.05) is 14.2 Å². The number of benzene rings is 2. The Morgan fingerprint density at radius 2 is 1.70 bits per heavy atom. The summed E-state index contributed by atoms with van der Waals surface area (Å²) in [5.41, 5.74) is 0.620. The molecule has 6 heteroatoms. The number of para-hydroxylation sites is 1. The smallest absolute Gasteiger partial charge is 0.304 e. The molecule has 2 aromatic rings. The highest BCUT2D eigenvalue weighted by atomic mass is 35.5. The molecule has 1 aliphatic heterocycles. The Balaban J connectivity index is 2.26. The van der Waals surface area contributed by atoms with Crippen LogP contribution in [0.4, 0.5) is 0 Å². The number of Topliss-reactive ketones (excluding diaryl/α,β-unsaturated/α-hetero) is 1. The molecule has 23 heavy (non-hydrogen) atoms. The molecule has 0 amide bonds. The van der Waals surface area contributed by atoms with Gasteiger partial charge in [-0.2, -0.15) is 0 Å². The predicted molar refractivity (Wildman–Crippen MR) is 83.5 cm³/mol. The minimum atomic E-state index is -2.34. The van der Waals surface area contributed by atoms with E-state index >= 15 is 0 Å². The van der Waals surface area contributed by atoms with E-state index in [4.69, 9.17) is 25.8 Å². The van der Waals surface area contributed by atoms with Gasteiger partial charge in [0.1, 0.15) is 5.75 Å². The molecule has 120 valence electrons. The minimum Gasteiger partial charge on any atom is -0.451 e. The fraction of sp³-hybridized carbons (Fsp3) is 0.235. The first-order chi connectivity index (χ1) is 11.0. The Morgan fingerprint density at radius 3 is 2.30 bits per heavy atom. The van der Waals surface area contributed by atoms with Crippen molar-refractivity contribution < 1.29 is 24.1 Å². The molecule has 2 aromatic carbocycles. The number of rotatable bonds is 3. The molecule has 0 saturated carbocycles. The van der Waals surface area contributed by atoms with E-state index in [0.29, 0.717) is 16.3 Å². The molecule has 0 unspecified atom stereocenters. The second kappa shape index (κ2) is 5.62. The lowest BCUT2D eigenvalue weighted by Crippen LogP contribution is -2.64. The summed E-state index contributed by atoms with van der Waals surface area (Å²) in [6.07, 6.45) is 0. The SMILES string of the molecule is CO[C@]1(c2ccc(Cl)cc2)Oc2ccccc2C(=O)[C@]1(O)OC. The van der Waals surface area contributed by atoms with Gasteiger partial charge in [0.05, 0.1) is 5.56 Å². The molecule has 0 radical (unpaired) electrons. The molecule has 0 spiro atoms. The van der Waals surface area contributed by atoms with Gasteiger partial charge in [-0.1, -0.05) is 35.9 Å². The van der Waals surface area contributed by atoms with Crippen molar-refractivity contribution >= 4 is 17.4 Å². The summed E-state index contributed by atoms with van der Waals surface area (Å²) >= 11 is 5.91. The van der Waals surface area contributed by atoms with Gasteiger partial charge >= 0.3 is 5.79 Å². The van der Waals surface area contributed by atoms with Gasteiger partial charge in [-0.3, -0.25) is 4.79 Å². The number of ketones is 1. The predicted octanol–water partition coefficient (Wildman–Crippen LogP) is 2.75. The van der Waals surface area contributed by atoms with Crippen LogP contribution < -0.4 is 4.74 Å². The number of halogens is 1. The number of methoxy groups -OCH3 is 2. The van der Waals surface area contributed by atoms with Gasteiger partial charge in [0.2, 0.25) is 5.78 Å². The molecule has 0 bridgehead atoms. The van der Waals surface area contributed by atoms with Gasteiger partial charge in [0, 0.05) is 24.8 Å². The summed E-state index contributed by atoms with van der Waals surface area (Å²) in [5.74, 6) is -4.53. The van der Waals surface area contributed by atoms with Crippen molar-refractivity contribution in [1.29, 1.82) is 0 Å². The van der Waals surface area contributed by atoms with Crippen LogP contribution in [0.15, 0.2) is 48.5 Å². The first-order valence-electron chi connectivity index (χ1n) is 6.90. The third-order valence-corrected chi connectivity index (χ3v) is 4.20. The third kappa shape index (κ3) is 2.16. The molecule has 2 atom stereocenters. The van der Waals surface area contributed by atoms with E-state index < -0.39 is 17.4 Å². The van der Waals surface area contributed by atoms with E-state index in [1.165, 1.54) is 14.2 Å². The summed E-state index contributed by atoms with van der Waals surface area (Å²) in [4.78, 5) is 12.8. The van der Waals surface area contributed by atoms with Crippen LogP contribution in [0, 0.1) is 0 Å². The zero-order valence-corrected chi connectivity index (χ0v) is 13.3. The average Bonchev–Trinajstić information content (AvgIpc) is 2.59. The van der Waals surface area contributed by atoms with E-state index in [9.17, 15) is 9.90 Å². The lowest BCUT2D eigenvalue weighted by Gasteiger charge is -2.46. The first kappa shape index (κ1) is 16.0. The monoisotopic (exact) mass is 334 g/mol. The number of hydrogen-bond acceptors (Lipinski definition) is 5. The van der Waals surface area contributed by atoms with Crippen LogP contribution in [-0.2, 0) is 15.3 Å². The second-order valence-electron chi connectivity index (χ2n) is 5.10. The van der Waals surface area contributed by atoms with Crippen LogP contribution in [-0.4, -0.2) is 30.9 Å². The second-order valence-corrected chi connectivity index (χ2v) is 5.54. The average molecular weight is 335 g/mol. The number of ether oxygens (including phenoxy) is 3. The van der Waals surface area contributed by atoms with Crippen molar-refractivity contribution in [3.8, 4) is 5.75 Å². The van der Waals surface area contributed by atoms with Gasteiger partial charge in [-0.15, -0.1) is 0 Å². The van der Waals surface area contributed by atoms with Crippen molar-refractivity contribution in [2.24, 2.45) is 0 Å². The number of hydrogen-bond donors (Lipinski definition) is 1. The van der Waals surface area contributed by atoms with Crippen LogP contribution in [0.25, 0.3) is 0 Å². The Hall–Kier alpha value is -1.92. The lowest BCUT2D eigenvalue weighted by molar-refractivity contribution is -0.346. The van der Waals surface area contributed by atoms with Gasteiger partial charge in [0.15, 0.2) is 0 Å². The van der Waals surface area contributed by atoms with Crippen LogP contribution in [0.5, 0.6) is 5.75 Å². The molecular formula is C17H15ClO5. The zero-order chi connectivity index (χ0) is 16.7. The number of aliphatic hydroxyl groups is 1. The van der Waals surface area contributed by atoms with E-state index in [1.807, 2.05) is 0 Å². The molecule has 0 aliphatic carbocycles. The standard InChI is InChI=1S/C17H15ClO5/c1-21-16(20)15(19)13-5-3-4-6-14(13)23-17(16,22-2)11-7-9-12(18)10-8-11/h3-10,20H,1-2H3/t16-,17+/m0/s1. The Labute approximate surface area is 138 Å². The van der Waals surface area contributed by atoms with Crippen LogP contribution in [0.2, 0.25) is 5.02 Å². The number of carbonyl (C=O) groups excluding carboxylic acids is 1. The molecule has 0 fully saturated rings. The maximum Gasteiger partial charge on any atom is 0.304 e. The van der Waals surface area contributed by atoms with E-state index in [2.05, 4.69) is 0 Å². The lowest BCUT2D eigenvalue weighted by atomic mass is 9.86. The van der Waals surface area contributed by atoms with Crippen molar-refractivity contribution in [1.82, 2.24) is 0 Å². The molecule has 1 aliphatic rings. The molecule has 0 saturated heterocycles. The van der Waals surface area contributed by atoms with Crippen LogP contribution in [0.3, 0.4) is 0 Å². The Bertz CT molecular complexity index is 745. The van der Waals surface area contributed by atoms with Crippen molar-refractivity contribution in [3.63, 3.8) is 0 Å². The summed E-state index contributed by atoms with van der Waals surface area (Å²) in [7, 11) is 2.55. The summed E-state index contributed by atoms with van der Waals surface area (Å²) in [6.45, 7) is 0. The molecule has 0 aromatic heterocycles. The highest BCUT2D eigenvalue weighted by Crippen LogP contribution is 2.46. The Morgan fingerprint density at radius 1 is 1.04 bits per heavy atom. The maximum absolute atomic E-state index is 12.8. The summed E-state index contributed by atoms with van der Waals surface area (Å²) in [6, 6.07) is 13.0. The van der Waals surface area contributed by atoms with Crippen LogP contribution in [0.1, 0.15) is 15.9 Å². The summed E-state index contributed by atoms with van der Waals surface area (Å²) < 4.78 is 16.6. The topological polar surface area (TPSA) is 65.0 Å². The van der Waals surface area contributed by atoms with Gasteiger partial charge in [0.25, 0.3) is 5.79 Å². The normalized spacial score (nSPS) is 26.5. The number of fused-ring (bicyclic) bond motifs is 1. The Kier molecular flexibility index (Phi) is 3.90. The molecule has 1 N–H and O–H groups in total. The molecule has 3 rings (SSSR count). The number of carbonyl (C=O) groups is 1. The minimum absolute atomic E-state index is 0.221. The fourth-order valence-electron chi connectivity index (χ4n) is 2.75. The zero-order valence-electron chi connectivity index (χ0n) is 12.6. The van der Waals surface area contributed by atoms with Crippen LogP contribution >= 0.6 is 11.6 Å². The van der Waals surface area contributed by atoms with Gasteiger partial charge in [-0.05, 0) is 24.3 Å². The third-order valence-electron chi connectivity index (χ3n) is 3.95. The maximum atomic E-state index is 12.8. The molecule has 1 heterocycles. The quantitative estimate of drug-likeness (QED) is 0.874. The highest BCUT2D eigenvalue weighted by molar-refractivity contribution is 6.30. The molecular weight excluding hydrogens is 320 g/mol. The van der Waals surface area contributed by atoms with Crippen molar-refractivity contribution in [3.05, 3.63) is 64.7 Å². The van der Waals surface area contributed by atoms with Gasteiger partial charge < -0.3 is 19.3 Å². The van der Waals surface area contributed by atoms with Gasteiger partial charge in [-0.25, -0.2) is 0 Å². The van der Waals surface area contributed by atoms with E-state index in [0.717, 1.165) is 0 Å². The summed E-state index contributed by atoms with van der Waals surface area (Å²) in [5, 5.41) is 11.5. The first-order valence-corrected chi connectivity index (χ1v) is 7.28. The van der Waals surface area contributed by atoms with E-state index in [1.54, 1.807) is 48.5 Å². The highest BCUT2D eigenvalue weighted by Gasteiger charge is 2.64.